The van der Waals surface area contributed by atoms with E-state index in [1.54, 1.807) is 11.0 Å². The van der Waals surface area contributed by atoms with Crippen LogP contribution in [-0.2, 0) is 6.42 Å². The number of nitrogens with one attached hydrogen (secondary N) is 1. The Bertz CT molecular complexity index is 534. The van der Waals surface area contributed by atoms with E-state index in [0.29, 0.717) is 13.1 Å². The number of H-pyrrole nitrogens is 1. The maximum absolute atomic E-state index is 12.4. The van der Waals surface area contributed by atoms with Crippen LogP contribution in [0.3, 0.4) is 0 Å². The molecule has 19 heavy (non-hydrogen) atoms. The monoisotopic (exact) mass is 264 g/mol. The van der Waals surface area contributed by atoms with Gasteiger partial charge in [0.25, 0.3) is 6.43 Å². The average molecular weight is 264 g/mol. The van der Waals surface area contributed by atoms with Crippen molar-refractivity contribution in [3.05, 3.63) is 48.7 Å². The lowest BCUT2D eigenvalue weighted by atomic mass is 10.1. The molecule has 0 aliphatic rings. The van der Waals surface area contributed by atoms with Crippen LogP contribution in [0.1, 0.15) is 5.56 Å². The van der Waals surface area contributed by atoms with Gasteiger partial charge in [0, 0.05) is 30.2 Å². The van der Waals surface area contributed by atoms with E-state index in [0.717, 1.165) is 17.3 Å². The number of benzene rings is 1. The minimum Gasteiger partial charge on any atom is -0.361 e. The molecule has 2 rings (SSSR count). The number of aromatic nitrogens is 1. The molecule has 1 aromatic carbocycles. The standard InChI is InChI=1S/C15H18F2N2/c1-2-8-19(11-15(16)17)9-7-12-10-18-14-6-4-3-5-13(12)14/h2-6,10,15,18H,1,7-9,11H2. The predicted octanol–water partition coefficient (Wildman–Crippen LogP) is 3.46. The Balaban J connectivity index is 2.01. The van der Waals surface area contributed by atoms with Gasteiger partial charge in [-0.05, 0) is 18.1 Å². The highest BCUT2D eigenvalue weighted by molar-refractivity contribution is 5.83. The first-order chi connectivity index (χ1) is 9.20. The average Bonchev–Trinajstić information content (AvgIpc) is 2.79. The third-order valence-corrected chi connectivity index (χ3v) is 3.16. The van der Waals surface area contributed by atoms with Gasteiger partial charge < -0.3 is 4.98 Å². The van der Waals surface area contributed by atoms with E-state index in [2.05, 4.69) is 11.6 Å². The molecule has 0 fully saturated rings. The number of alkyl halides is 2. The molecular formula is C15H18F2N2. The smallest absolute Gasteiger partial charge is 0.251 e. The summed E-state index contributed by atoms with van der Waals surface area (Å²) < 4.78 is 24.9. The summed E-state index contributed by atoms with van der Waals surface area (Å²) in [6.45, 7) is 4.51. The summed E-state index contributed by atoms with van der Waals surface area (Å²) in [5.41, 5.74) is 2.25. The lowest BCUT2D eigenvalue weighted by Gasteiger charge is -2.19. The molecule has 2 nitrogen and oxygen atoms in total. The summed E-state index contributed by atoms with van der Waals surface area (Å²) in [5.74, 6) is 0. The Kier molecular flexibility index (Phi) is 4.68. The van der Waals surface area contributed by atoms with Gasteiger partial charge in [-0.1, -0.05) is 24.3 Å². The molecule has 1 aromatic heterocycles. The van der Waals surface area contributed by atoms with Crippen LogP contribution in [0.25, 0.3) is 10.9 Å². The molecule has 0 atom stereocenters. The van der Waals surface area contributed by atoms with Crippen molar-refractivity contribution in [2.24, 2.45) is 0 Å². The van der Waals surface area contributed by atoms with Gasteiger partial charge in [-0.2, -0.15) is 0 Å². The molecule has 0 saturated heterocycles. The van der Waals surface area contributed by atoms with E-state index in [9.17, 15) is 8.78 Å². The Morgan fingerprint density at radius 1 is 1.32 bits per heavy atom. The molecule has 0 unspecified atom stereocenters. The van der Waals surface area contributed by atoms with Gasteiger partial charge in [0.15, 0.2) is 0 Å². The van der Waals surface area contributed by atoms with Crippen molar-refractivity contribution < 1.29 is 8.78 Å². The van der Waals surface area contributed by atoms with Crippen molar-refractivity contribution in [3.8, 4) is 0 Å². The van der Waals surface area contributed by atoms with E-state index < -0.39 is 6.43 Å². The van der Waals surface area contributed by atoms with Gasteiger partial charge in [-0.3, -0.25) is 4.90 Å². The van der Waals surface area contributed by atoms with Crippen molar-refractivity contribution in [2.45, 2.75) is 12.8 Å². The Morgan fingerprint density at radius 3 is 2.84 bits per heavy atom. The second-order valence-corrected chi connectivity index (χ2v) is 4.55. The van der Waals surface area contributed by atoms with Crippen molar-refractivity contribution in [2.75, 3.05) is 19.6 Å². The molecule has 4 heteroatoms. The largest absolute Gasteiger partial charge is 0.361 e. The second kappa shape index (κ2) is 6.48. The number of halogens is 2. The number of para-hydroxylation sites is 1. The molecule has 0 aliphatic carbocycles. The van der Waals surface area contributed by atoms with Gasteiger partial charge in [0.05, 0.1) is 6.54 Å². The molecule has 0 radical (unpaired) electrons. The first kappa shape index (κ1) is 13.7. The number of aromatic amines is 1. The zero-order chi connectivity index (χ0) is 13.7. The Morgan fingerprint density at radius 2 is 2.11 bits per heavy atom. The van der Waals surface area contributed by atoms with Crippen molar-refractivity contribution in [1.82, 2.24) is 9.88 Å². The molecule has 0 saturated carbocycles. The van der Waals surface area contributed by atoms with Gasteiger partial charge in [0.2, 0.25) is 0 Å². The van der Waals surface area contributed by atoms with Crippen LogP contribution in [0, 0.1) is 0 Å². The molecule has 0 spiro atoms. The fraction of sp³-hybridized carbons (Fsp3) is 0.333. The molecule has 102 valence electrons. The fourth-order valence-corrected chi connectivity index (χ4v) is 2.25. The van der Waals surface area contributed by atoms with Crippen molar-refractivity contribution in [3.63, 3.8) is 0 Å². The van der Waals surface area contributed by atoms with Crippen molar-refractivity contribution >= 4 is 10.9 Å². The Hall–Kier alpha value is -1.68. The zero-order valence-corrected chi connectivity index (χ0v) is 10.8. The molecule has 2 aromatic rings. The number of nitrogens with zero attached hydrogens (tertiary/aromatic N) is 1. The normalized spacial score (nSPS) is 11.6. The van der Waals surface area contributed by atoms with Crippen LogP contribution >= 0.6 is 0 Å². The zero-order valence-electron chi connectivity index (χ0n) is 10.8. The molecule has 0 aliphatic heterocycles. The van der Waals surface area contributed by atoms with E-state index in [1.807, 2.05) is 30.5 Å². The van der Waals surface area contributed by atoms with Gasteiger partial charge in [-0.15, -0.1) is 6.58 Å². The van der Waals surface area contributed by atoms with Gasteiger partial charge in [-0.25, -0.2) is 8.78 Å². The SMILES string of the molecule is C=CCN(CCc1c[nH]c2ccccc12)CC(F)F. The summed E-state index contributed by atoms with van der Waals surface area (Å²) in [6.07, 6.45) is 2.07. The Labute approximate surface area is 111 Å². The summed E-state index contributed by atoms with van der Waals surface area (Å²) in [5, 5.41) is 1.16. The molecule has 0 amide bonds. The lowest BCUT2D eigenvalue weighted by molar-refractivity contribution is 0.0943. The summed E-state index contributed by atoms with van der Waals surface area (Å²) >= 11 is 0. The number of hydrogen-bond donors (Lipinski definition) is 1. The molecular weight excluding hydrogens is 246 g/mol. The van der Waals surface area contributed by atoms with Gasteiger partial charge in [0.1, 0.15) is 0 Å². The highest BCUT2D eigenvalue weighted by atomic mass is 19.3. The summed E-state index contributed by atoms with van der Waals surface area (Å²) in [4.78, 5) is 4.92. The van der Waals surface area contributed by atoms with Crippen LogP contribution in [0.2, 0.25) is 0 Å². The third-order valence-electron chi connectivity index (χ3n) is 3.16. The highest BCUT2D eigenvalue weighted by Crippen LogP contribution is 2.18. The van der Waals surface area contributed by atoms with Crippen LogP contribution < -0.4 is 0 Å². The molecule has 0 bridgehead atoms. The topological polar surface area (TPSA) is 19.0 Å². The van der Waals surface area contributed by atoms with E-state index in [4.69, 9.17) is 0 Å². The number of hydrogen-bond acceptors (Lipinski definition) is 1. The van der Waals surface area contributed by atoms with Crippen LogP contribution in [0.4, 0.5) is 8.78 Å². The highest BCUT2D eigenvalue weighted by Gasteiger charge is 2.11. The van der Waals surface area contributed by atoms with Crippen LogP contribution in [-0.4, -0.2) is 35.9 Å². The predicted molar refractivity (Wildman–Crippen MR) is 74.6 cm³/mol. The van der Waals surface area contributed by atoms with E-state index in [1.165, 1.54) is 5.56 Å². The maximum Gasteiger partial charge on any atom is 0.251 e. The summed E-state index contributed by atoms with van der Waals surface area (Å²) in [6, 6.07) is 8.02. The molecule has 1 N–H and O–H groups in total. The van der Waals surface area contributed by atoms with Gasteiger partial charge >= 0.3 is 0 Å². The minimum atomic E-state index is -2.30. The van der Waals surface area contributed by atoms with Crippen molar-refractivity contribution in [1.29, 1.82) is 0 Å². The summed E-state index contributed by atoms with van der Waals surface area (Å²) in [7, 11) is 0. The first-order valence-electron chi connectivity index (χ1n) is 6.37. The quantitative estimate of drug-likeness (QED) is 0.759. The molecule has 1 heterocycles. The second-order valence-electron chi connectivity index (χ2n) is 4.55. The fourth-order valence-electron chi connectivity index (χ4n) is 2.25. The third kappa shape index (κ3) is 3.64. The number of fused-ring (bicyclic) bond motifs is 1. The van der Waals surface area contributed by atoms with E-state index in [-0.39, 0.29) is 6.54 Å². The van der Waals surface area contributed by atoms with E-state index >= 15 is 0 Å². The van der Waals surface area contributed by atoms with Crippen LogP contribution in [0.5, 0.6) is 0 Å². The lowest BCUT2D eigenvalue weighted by Crippen LogP contribution is -2.31. The maximum atomic E-state index is 12.4. The first-order valence-corrected chi connectivity index (χ1v) is 6.37. The minimum absolute atomic E-state index is 0.200. The number of rotatable bonds is 7. The van der Waals surface area contributed by atoms with Crippen LogP contribution in [0.15, 0.2) is 43.1 Å².